The van der Waals surface area contributed by atoms with Crippen LogP contribution in [0.3, 0.4) is 0 Å². The molecule has 1 aromatic carbocycles. The topological polar surface area (TPSA) is 3.24 Å². The lowest BCUT2D eigenvalue weighted by Crippen LogP contribution is -2.27. The lowest BCUT2D eigenvalue weighted by Gasteiger charge is -2.21. The molecule has 0 unspecified atom stereocenters. The van der Waals surface area contributed by atoms with Gasteiger partial charge in [-0.15, -0.1) is 0 Å². The molecule has 0 aliphatic carbocycles. The van der Waals surface area contributed by atoms with Crippen molar-refractivity contribution >= 4 is 15.9 Å². The first kappa shape index (κ1) is 9.86. The summed E-state index contributed by atoms with van der Waals surface area (Å²) in [5.41, 5.74) is 1.46. The highest BCUT2D eigenvalue weighted by molar-refractivity contribution is 9.10. The van der Waals surface area contributed by atoms with Crippen LogP contribution in [-0.2, 0) is 6.54 Å². The van der Waals surface area contributed by atoms with Crippen molar-refractivity contribution < 1.29 is 0 Å². The van der Waals surface area contributed by atoms with Gasteiger partial charge in [0.25, 0.3) is 0 Å². The maximum Gasteiger partial charge on any atom is 0.0239 e. The van der Waals surface area contributed by atoms with Gasteiger partial charge in [0, 0.05) is 23.1 Å². The van der Waals surface area contributed by atoms with Gasteiger partial charge in [-0.2, -0.15) is 0 Å². The molecule has 2 aliphatic heterocycles. The molecule has 0 spiro atoms. The molecule has 0 saturated carbocycles. The Morgan fingerprint density at radius 3 is 2.07 bits per heavy atom. The monoisotopic (exact) mass is 265 g/mol. The smallest absolute Gasteiger partial charge is 0.0239 e. The number of nitrogens with zero attached hydrogens (tertiary/aromatic N) is 1. The van der Waals surface area contributed by atoms with Gasteiger partial charge in [-0.3, -0.25) is 4.90 Å². The van der Waals surface area contributed by atoms with Crippen molar-refractivity contribution in [2.45, 2.75) is 44.3 Å². The second-order valence-electron chi connectivity index (χ2n) is 4.76. The van der Waals surface area contributed by atoms with E-state index in [1.807, 2.05) is 0 Å². The highest BCUT2D eigenvalue weighted by Gasteiger charge is 2.38. The molecule has 2 heteroatoms. The molecule has 0 N–H and O–H groups in total. The molecule has 0 amide bonds. The van der Waals surface area contributed by atoms with Crippen LogP contribution in [0.5, 0.6) is 0 Å². The molecule has 2 fully saturated rings. The molecular formula is C13H16BrN. The summed E-state index contributed by atoms with van der Waals surface area (Å²) in [5, 5.41) is 0. The molecule has 2 saturated heterocycles. The van der Waals surface area contributed by atoms with E-state index in [1.165, 1.54) is 35.7 Å². The highest BCUT2D eigenvalue weighted by atomic mass is 79.9. The number of rotatable bonds is 2. The summed E-state index contributed by atoms with van der Waals surface area (Å²) in [4.78, 5) is 2.71. The fourth-order valence-corrected chi connectivity index (χ4v) is 3.34. The van der Waals surface area contributed by atoms with Crippen LogP contribution in [0.15, 0.2) is 28.7 Å². The number of hydrogen-bond acceptors (Lipinski definition) is 1. The van der Waals surface area contributed by atoms with Crippen molar-refractivity contribution in [3.8, 4) is 0 Å². The van der Waals surface area contributed by atoms with Crippen LogP contribution in [0.4, 0.5) is 0 Å². The summed E-state index contributed by atoms with van der Waals surface area (Å²) in [7, 11) is 0. The molecule has 80 valence electrons. The molecule has 0 radical (unpaired) electrons. The first-order valence-electron chi connectivity index (χ1n) is 5.83. The minimum atomic E-state index is 0.888. The SMILES string of the molecule is Brc1ccc(CN2C3CCC2CC3)cc1. The minimum absolute atomic E-state index is 0.888. The maximum absolute atomic E-state index is 3.48. The van der Waals surface area contributed by atoms with E-state index in [1.54, 1.807) is 0 Å². The van der Waals surface area contributed by atoms with Crippen LogP contribution in [0.1, 0.15) is 31.2 Å². The largest absolute Gasteiger partial charge is 0.293 e. The number of hydrogen-bond donors (Lipinski definition) is 0. The van der Waals surface area contributed by atoms with Gasteiger partial charge in [0.1, 0.15) is 0 Å². The molecule has 15 heavy (non-hydrogen) atoms. The van der Waals surface area contributed by atoms with Gasteiger partial charge in [0.15, 0.2) is 0 Å². The van der Waals surface area contributed by atoms with Crippen molar-refractivity contribution in [1.82, 2.24) is 4.90 Å². The van der Waals surface area contributed by atoms with Gasteiger partial charge >= 0.3 is 0 Å². The van der Waals surface area contributed by atoms with Crippen molar-refractivity contribution in [2.24, 2.45) is 0 Å². The van der Waals surface area contributed by atoms with Crippen LogP contribution < -0.4 is 0 Å². The Hall–Kier alpha value is -0.340. The first-order valence-corrected chi connectivity index (χ1v) is 6.62. The van der Waals surface area contributed by atoms with Gasteiger partial charge in [0.2, 0.25) is 0 Å². The third-order valence-electron chi connectivity index (χ3n) is 3.88. The second kappa shape index (κ2) is 3.91. The van der Waals surface area contributed by atoms with Gasteiger partial charge in [-0.25, -0.2) is 0 Å². The van der Waals surface area contributed by atoms with E-state index in [2.05, 4.69) is 45.1 Å². The summed E-state index contributed by atoms with van der Waals surface area (Å²) in [6.45, 7) is 1.16. The average molecular weight is 266 g/mol. The lowest BCUT2D eigenvalue weighted by molar-refractivity contribution is 0.244. The van der Waals surface area contributed by atoms with E-state index >= 15 is 0 Å². The third-order valence-corrected chi connectivity index (χ3v) is 4.41. The molecule has 0 atom stereocenters. The second-order valence-corrected chi connectivity index (χ2v) is 5.68. The molecule has 0 aromatic heterocycles. The highest BCUT2D eigenvalue weighted by Crippen LogP contribution is 2.38. The Morgan fingerprint density at radius 2 is 1.53 bits per heavy atom. The number of benzene rings is 1. The Bertz CT molecular complexity index is 326. The Kier molecular flexibility index (Phi) is 2.57. The molecular weight excluding hydrogens is 250 g/mol. The predicted octanol–water partition coefficient (Wildman–Crippen LogP) is 3.58. The quantitative estimate of drug-likeness (QED) is 0.790. The van der Waals surface area contributed by atoms with Crippen molar-refractivity contribution in [3.63, 3.8) is 0 Å². The third kappa shape index (κ3) is 1.85. The molecule has 1 nitrogen and oxygen atoms in total. The van der Waals surface area contributed by atoms with Crippen LogP contribution in [-0.4, -0.2) is 17.0 Å². The zero-order valence-corrected chi connectivity index (χ0v) is 10.4. The van der Waals surface area contributed by atoms with Crippen molar-refractivity contribution in [1.29, 1.82) is 0 Å². The van der Waals surface area contributed by atoms with Crippen LogP contribution in [0.2, 0.25) is 0 Å². The molecule has 3 rings (SSSR count). The molecule has 2 bridgehead atoms. The fraction of sp³-hybridized carbons (Fsp3) is 0.538. The van der Waals surface area contributed by atoms with E-state index in [-0.39, 0.29) is 0 Å². The lowest BCUT2D eigenvalue weighted by atomic mass is 10.0. The summed E-state index contributed by atoms with van der Waals surface area (Å²) in [6, 6.07) is 10.5. The van der Waals surface area contributed by atoms with Gasteiger partial charge in [-0.05, 0) is 43.4 Å². The van der Waals surface area contributed by atoms with Crippen LogP contribution in [0, 0.1) is 0 Å². The van der Waals surface area contributed by atoms with Gasteiger partial charge < -0.3 is 0 Å². The summed E-state index contributed by atoms with van der Waals surface area (Å²) in [6.07, 6.45) is 5.73. The normalized spacial score (nSPS) is 29.9. The Morgan fingerprint density at radius 1 is 1.00 bits per heavy atom. The number of halogens is 1. The fourth-order valence-electron chi connectivity index (χ4n) is 3.08. The minimum Gasteiger partial charge on any atom is -0.293 e. The summed E-state index contributed by atoms with van der Waals surface area (Å²) >= 11 is 3.48. The zero-order valence-electron chi connectivity index (χ0n) is 8.82. The van der Waals surface area contributed by atoms with E-state index in [4.69, 9.17) is 0 Å². The molecule has 2 aliphatic rings. The van der Waals surface area contributed by atoms with E-state index in [0.29, 0.717) is 0 Å². The molecule has 2 heterocycles. The Labute approximate surface area is 99.6 Å². The van der Waals surface area contributed by atoms with Crippen molar-refractivity contribution in [2.75, 3.05) is 0 Å². The van der Waals surface area contributed by atoms with Crippen LogP contribution >= 0.6 is 15.9 Å². The maximum atomic E-state index is 3.48. The van der Waals surface area contributed by atoms with E-state index in [9.17, 15) is 0 Å². The van der Waals surface area contributed by atoms with Gasteiger partial charge in [0.05, 0.1) is 0 Å². The predicted molar refractivity (Wildman–Crippen MR) is 65.7 cm³/mol. The average Bonchev–Trinajstić information content (AvgIpc) is 2.81. The standard InChI is InChI=1S/C13H16BrN/c14-11-3-1-10(2-4-11)9-15-12-5-6-13(15)8-7-12/h1-4,12-13H,5-9H2. The molecule has 1 aromatic rings. The Balaban J connectivity index is 1.73. The summed E-state index contributed by atoms with van der Waals surface area (Å²) < 4.78 is 1.18. The first-order chi connectivity index (χ1) is 7.33. The van der Waals surface area contributed by atoms with E-state index in [0.717, 1.165) is 18.6 Å². The number of fused-ring (bicyclic) bond motifs is 2. The van der Waals surface area contributed by atoms with Crippen molar-refractivity contribution in [3.05, 3.63) is 34.3 Å². The zero-order chi connectivity index (χ0) is 10.3. The van der Waals surface area contributed by atoms with Gasteiger partial charge in [-0.1, -0.05) is 28.1 Å². The summed E-state index contributed by atoms with van der Waals surface area (Å²) in [5.74, 6) is 0. The van der Waals surface area contributed by atoms with Crippen LogP contribution in [0.25, 0.3) is 0 Å². The van der Waals surface area contributed by atoms with E-state index < -0.39 is 0 Å².